The predicted molar refractivity (Wildman–Crippen MR) is 53.1 cm³/mol. The molecule has 0 amide bonds. The van der Waals surface area contributed by atoms with Crippen LogP contribution >= 0.6 is 0 Å². The third-order valence-corrected chi connectivity index (χ3v) is 1.96. The van der Waals surface area contributed by atoms with Crippen molar-refractivity contribution in [2.75, 3.05) is 0 Å². The van der Waals surface area contributed by atoms with E-state index < -0.39 is 5.97 Å². The zero-order valence-corrected chi connectivity index (χ0v) is 8.08. The summed E-state index contributed by atoms with van der Waals surface area (Å²) in [4.78, 5) is 14.6. The van der Waals surface area contributed by atoms with Crippen molar-refractivity contribution in [3.63, 3.8) is 0 Å². The molecule has 0 saturated heterocycles. The summed E-state index contributed by atoms with van der Waals surface area (Å²) in [6.07, 6.45) is 4.64. The zero-order valence-electron chi connectivity index (χ0n) is 8.08. The first-order chi connectivity index (χ1) is 7.16. The van der Waals surface area contributed by atoms with Gasteiger partial charge in [-0.05, 0) is 19.1 Å². The normalized spacial score (nSPS) is 10.2. The van der Waals surface area contributed by atoms with Crippen LogP contribution in [0, 0.1) is 6.92 Å². The average molecular weight is 203 g/mol. The summed E-state index contributed by atoms with van der Waals surface area (Å²) < 4.78 is 1.59. The second-order valence-electron chi connectivity index (χ2n) is 3.14. The fourth-order valence-corrected chi connectivity index (χ4v) is 1.23. The highest BCUT2D eigenvalue weighted by molar-refractivity contribution is 5.87. The number of carbonyl (C=O) groups is 1. The lowest BCUT2D eigenvalue weighted by molar-refractivity contribution is 0.0696. The number of aromatic carboxylic acids is 1. The van der Waals surface area contributed by atoms with Crippen molar-refractivity contribution in [3.8, 4) is 5.69 Å². The summed E-state index contributed by atoms with van der Waals surface area (Å²) in [5.41, 5.74) is 1.67. The van der Waals surface area contributed by atoms with Gasteiger partial charge in [-0.15, -0.1) is 0 Å². The standard InChI is InChI=1S/C10H9N3O2/c1-7-2-3-13(12-7)9-4-8(10(14)15)5-11-6-9/h2-6H,1H3,(H,14,15). The quantitative estimate of drug-likeness (QED) is 0.798. The maximum Gasteiger partial charge on any atom is 0.337 e. The molecule has 0 unspecified atom stereocenters. The first-order valence-electron chi connectivity index (χ1n) is 4.38. The van der Waals surface area contributed by atoms with Crippen molar-refractivity contribution in [2.45, 2.75) is 6.92 Å². The average Bonchev–Trinajstić information content (AvgIpc) is 2.65. The second kappa shape index (κ2) is 3.53. The summed E-state index contributed by atoms with van der Waals surface area (Å²) in [5, 5.41) is 13.0. The highest BCUT2D eigenvalue weighted by Crippen LogP contribution is 2.08. The van der Waals surface area contributed by atoms with E-state index in [1.807, 2.05) is 13.0 Å². The highest BCUT2D eigenvalue weighted by Gasteiger charge is 2.05. The van der Waals surface area contributed by atoms with Gasteiger partial charge in [0, 0.05) is 12.4 Å². The largest absolute Gasteiger partial charge is 0.478 e. The number of carboxylic acid groups (broad SMARTS) is 1. The van der Waals surface area contributed by atoms with Gasteiger partial charge < -0.3 is 5.11 Å². The Morgan fingerprint density at radius 2 is 2.27 bits per heavy atom. The molecule has 15 heavy (non-hydrogen) atoms. The number of rotatable bonds is 2. The fraction of sp³-hybridized carbons (Fsp3) is 0.100. The Bertz CT molecular complexity index is 505. The minimum atomic E-state index is -0.992. The molecule has 2 aromatic rings. The molecule has 0 aromatic carbocycles. The Kier molecular flexibility index (Phi) is 2.21. The van der Waals surface area contributed by atoms with Gasteiger partial charge in [-0.3, -0.25) is 4.98 Å². The van der Waals surface area contributed by atoms with Crippen LogP contribution in [0.25, 0.3) is 5.69 Å². The molecular weight excluding hydrogens is 194 g/mol. The molecule has 0 spiro atoms. The molecule has 0 fully saturated rings. The Morgan fingerprint density at radius 3 is 2.87 bits per heavy atom. The lowest BCUT2D eigenvalue weighted by atomic mass is 10.3. The summed E-state index contributed by atoms with van der Waals surface area (Å²) in [6.45, 7) is 1.87. The minimum Gasteiger partial charge on any atom is -0.478 e. The lowest BCUT2D eigenvalue weighted by Gasteiger charge is -2.01. The fourth-order valence-electron chi connectivity index (χ4n) is 1.23. The Hall–Kier alpha value is -2.17. The van der Waals surface area contributed by atoms with E-state index >= 15 is 0 Å². The van der Waals surface area contributed by atoms with Gasteiger partial charge in [-0.25, -0.2) is 9.48 Å². The van der Waals surface area contributed by atoms with Gasteiger partial charge >= 0.3 is 5.97 Å². The number of pyridine rings is 1. The monoisotopic (exact) mass is 203 g/mol. The maximum absolute atomic E-state index is 10.7. The number of hydrogen-bond donors (Lipinski definition) is 1. The Labute approximate surface area is 86.0 Å². The molecule has 0 atom stereocenters. The Balaban J connectivity index is 2.45. The topological polar surface area (TPSA) is 68.0 Å². The van der Waals surface area contributed by atoms with E-state index in [4.69, 9.17) is 5.11 Å². The molecule has 76 valence electrons. The molecule has 2 aromatic heterocycles. The molecule has 0 radical (unpaired) electrons. The van der Waals surface area contributed by atoms with Crippen LogP contribution in [0.15, 0.2) is 30.7 Å². The third-order valence-electron chi connectivity index (χ3n) is 1.96. The Morgan fingerprint density at radius 1 is 1.47 bits per heavy atom. The molecule has 0 bridgehead atoms. The number of aromatic nitrogens is 3. The van der Waals surface area contributed by atoms with Crippen LogP contribution in [-0.4, -0.2) is 25.8 Å². The van der Waals surface area contributed by atoms with Crippen LogP contribution in [0.1, 0.15) is 16.1 Å². The van der Waals surface area contributed by atoms with E-state index in [1.165, 1.54) is 12.3 Å². The van der Waals surface area contributed by atoms with Gasteiger partial charge in [-0.1, -0.05) is 0 Å². The van der Waals surface area contributed by atoms with Crippen LogP contribution < -0.4 is 0 Å². The second-order valence-corrected chi connectivity index (χ2v) is 3.14. The number of hydrogen-bond acceptors (Lipinski definition) is 3. The number of carboxylic acids is 1. The minimum absolute atomic E-state index is 0.153. The molecule has 0 saturated carbocycles. The first kappa shape index (κ1) is 9.39. The van der Waals surface area contributed by atoms with E-state index in [2.05, 4.69) is 10.1 Å². The molecule has 2 heterocycles. The summed E-state index contributed by atoms with van der Waals surface area (Å²) >= 11 is 0. The molecule has 1 N–H and O–H groups in total. The number of nitrogens with zero attached hydrogens (tertiary/aromatic N) is 3. The number of aryl methyl sites for hydroxylation is 1. The van der Waals surface area contributed by atoms with Gasteiger partial charge in [-0.2, -0.15) is 5.10 Å². The van der Waals surface area contributed by atoms with E-state index in [0.29, 0.717) is 5.69 Å². The van der Waals surface area contributed by atoms with E-state index in [9.17, 15) is 4.79 Å². The van der Waals surface area contributed by atoms with Crippen molar-refractivity contribution in [3.05, 3.63) is 42.0 Å². The third kappa shape index (κ3) is 1.85. The van der Waals surface area contributed by atoms with Crippen molar-refractivity contribution in [1.29, 1.82) is 0 Å². The smallest absolute Gasteiger partial charge is 0.337 e. The molecular formula is C10H9N3O2. The lowest BCUT2D eigenvalue weighted by Crippen LogP contribution is -2.01. The van der Waals surface area contributed by atoms with Crippen LogP contribution in [0.3, 0.4) is 0 Å². The van der Waals surface area contributed by atoms with Gasteiger partial charge in [0.05, 0.1) is 23.1 Å². The van der Waals surface area contributed by atoms with Crippen LogP contribution in [0.4, 0.5) is 0 Å². The van der Waals surface area contributed by atoms with Crippen LogP contribution in [0.2, 0.25) is 0 Å². The molecule has 0 aliphatic carbocycles. The predicted octanol–water partition coefficient (Wildman–Crippen LogP) is 1.27. The van der Waals surface area contributed by atoms with E-state index in [0.717, 1.165) is 5.69 Å². The van der Waals surface area contributed by atoms with Crippen LogP contribution in [0.5, 0.6) is 0 Å². The highest BCUT2D eigenvalue weighted by atomic mass is 16.4. The SMILES string of the molecule is Cc1ccn(-c2cncc(C(=O)O)c2)n1. The van der Waals surface area contributed by atoms with Crippen molar-refractivity contribution >= 4 is 5.97 Å². The van der Waals surface area contributed by atoms with Crippen molar-refractivity contribution in [1.82, 2.24) is 14.8 Å². The van der Waals surface area contributed by atoms with Gasteiger partial charge in [0.1, 0.15) is 0 Å². The first-order valence-corrected chi connectivity index (χ1v) is 4.38. The van der Waals surface area contributed by atoms with Gasteiger partial charge in [0.2, 0.25) is 0 Å². The van der Waals surface area contributed by atoms with Crippen molar-refractivity contribution in [2.24, 2.45) is 0 Å². The summed E-state index contributed by atoms with van der Waals surface area (Å²) in [7, 11) is 0. The molecule has 0 aliphatic rings. The zero-order chi connectivity index (χ0) is 10.8. The van der Waals surface area contributed by atoms with E-state index in [-0.39, 0.29) is 5.56 Å². The van der Waals surface area contributed by atoms with Crippen LogP contribution in [-0.2, 0) is 0 Å². The van der Waals surface area contributed by atoms with E-state index in [1.54, 1.807) is 17.1 Å². The van der Waals surface area contributed by atoms with Gasteiger partial charge in [0.15, 0.2) is 0 Å². The molecule has 5 nitrogen and oxygen atoms in total. The maximum atomic E-state index is 10.7. The molecule has 5 heteroatoms. The summed E-state index contributed by atoms with van der Waals surface area (Å²) in [5.74, 6) is -0.992. The molecule has 0 aliphatic heterocycles. The van der Waals surface area contributed by atoms with Gasteiger partial charge in [0.25, 0.3) is 0 Å². The molecule has 2 rings (SSSR count). The van der Waals surface area contributed by atoms with Crippen molar-refractivity contribution < 1.29 is 9.90 Å². The summed E-state index contributed by atoms with van der Waals surface area (Å²) in [6, 6.07) is 3.37.